The lowest BCUT2D eigenvalue weighted by atomic mass is 10.1. The summed E-state index contributed by atoms with van der Waals surface area (Å²) in [6.07, 6.45) is -8.65. The Bertz CT molecular complexity index is 2760. The van der Waals surface area contributed by atoms with Crippen LogP contribution in [0, 0.1) is 54.7 Å². The smallest absolute Gasteiger partial charge is 0.423 e. The molecular weight excluding hydrogens is 895 g/mol. The number of nitrogens with zero attached hydrogens (tertiary/aromatic N) is 3. The molecule has 25 heteroatoms. The number of nitro groups is 3. The van der Waals surface area contributed by atoms with Crippen LogP contribution in [0.3, 0.4) is 0 Å². The van der Waals surface area contributed by atoms with Crippen molar-refractivity contribution in [2.75, 3.05) is 16.0 Å². The SMILES string of the molecule is Cc1cc(NC(=O)c2c(F)cccc2F)ccc1[N+](=O)[O-].O=C(Nc1ccc([N+](=O)[O-])c(C(F)(F)F)c1)c1ccccc1F.O=C(Nc1ccc([N+](=O)[O-])c(C(F)(F)F)c1)c1ccco1. The van der Waals surface area contributed by atoms with Crippen LogP contribution in [-0.2, 0) is 12.4 Å². The largest absolute Gasteiger partial charge is 0.459 e. The van der Waals surface area contributed by atoms with E-state index in [-0.39, 0.29) is 34.1 Å². The number of rotatable bonds is 9. The van der Waals surface area contributed by atoms with Gasteiger partial charge in [-0.25, -0.2) is 13.2 Å². The van der Waals surface area contributed by atoms with Gasteiger partial charge in [-0.05, 0) is 79.7 Å². The molecule has 0 aliphatic heterocycles. The fourth-order valence-corrected chi connectivity index (χ4v) is 5.29. The molecule has 0 aliphatic carbocycles. The second-order valence-electron chi connectivity index (χ2n) is 12.6. The van der Waals surface area contributed by atoms with Crippen LogP contribution < -0.4 is 16.0 Å². The molecule has 1 aromatic heterocycles. The van der Waals surface area contributed by atoms with Crippen LogP contribution in [0.25, 0.3) is 0 Å². The highest BCUT2D eigenvalue weighted by atomic mass is 19.4. The summed E-state index contributed by atoms with van der Waals surface area (Å²) in [5, 5.41) is 38.5. The van der Waals surface area contributed by atoms with Crippen molar-refractivity contribution in [1.29, 1.82) is 0 Å². The Morgan fingerprint density at radius 1 is 0.523 bits per heavy atom. The number of alkyl halides is 6. The number of furan rings is 1. The number of amides is 3. The van der Waals surface area contributed by atoms with Crippen LogP contribution in [0.1, 0.15) is 48.0 Å². The quantitative estimate of drug-likeness (QED) is 0.0705. The minimum absolute atomic E-state index is 0.0955. The van der Waals surface area contributed by atoms with Crippen molar-refractivity contribution in [1.82, 2.24) is 0 Å². The molecular formula is C40H25F9N6O10. The summed E-state index contributed by atoms with van der Waals surface area (Å²) in [5.41, 5.74) is -6.36. The van der Waals surface area contributed by atoms with E-state index in [2.05, 4.69) is 16.0 Å². The summed E-state index contributed by atoms with van der Waals surface area (Å²) in [6.45, 7) is 1.50. The van der Waals surface area contributed by atoms with Crippen molar-refractivity contribution in [2.24, 2.45) is 0 Å². The number of carbonyl (C=O) groups is 3. The first-order valence-electron chi connectivity index (χ1n) is 17.5. The zero-order chi connectivity index (χ0) is 48.4. The van der Waals surface area contributed by atoms with E-state index in [0.717, 1.165) is 42.5 Å². The van der Waals surface area contributed by atoms with Crippen LogP contribution in [0.2, 0.25) is 0 Å². The molecule has 16 nitrogen and oxygen atoms in total. The van der Waals surface area contributed by atoms with Crippen LogP contribution in [0.4, 0.5) is 73.6 Å². The van der Waals surface area contributed by atoms with Crippen molar-refractivity contribution in [2.45, 2.75) is 19.3 Å². The van der Waals surface area contributed by atoms with Gasteiger partial charge in [-0.3, -0.25) is 44.7 Å². The number of hydrogen-bond acceptors (Lipinski definition) is 10. The van der Waals surface area contributed by atoms with E-state index in [1.54, 1.807) is 0 Å². The van der Waals surface area contributed by atoms with Crippen molar-refractivity contribution in [3.05, 3.63) is 197 Å². The first-order valence-corrected chi connectivity index (χ1v) is 17.5. The van der Waals surface area contributed by atoms with Crippen LogP contribution >= 0.6 is 0 Å². The number of aryl methyl sites for hydroxylation is 1. The summed E-state index contributed by atoms with van der Waals surface area (Å²) in [4.78, 5) is 64.4. The Kier molecular flexibility index (Phi) is 15.5. The highest BCUT2D eigenvalue weighted by Crippen LogP contribution is 2.39. The minimum atomic E-state index is -4.97. The third-order valence-electron chi connectivity index (χ3n) is 8.22. The summed E-state index contributed by atoms with van der Waals surface area (Å²) >= 11 is 0. The Morgan fingerprint density at radius 3 is 1.38 bits per heavy atom. The molecule has 3 N–H and O–H groups in total. The molecule has 1 heterocycles. The standard InChI is InChI=1S/C14H8F4N2O3.C14H10F2N2O3.C12H7F3N2O4/c15-11-4-2-1-3-9(11)13(21)19-8-5-6-12(20(22)23)10(7-8)14(16,17)18;1-8-7-9(5-6-12(8)18(20)21)17-14(19)13-10(15)3-2-4-11(13)16;13-12(14,15)8-6-7(3-4-9(8)17(19)20)16-11(18)10-2-1-5-21-10/h1-7H,(H,19,21);2-7H,1H3,(H,17,19);1-6H,(H,16,18). The third kappa shape index (κ3) is 12.9. The lowest BCUT2D eigenvalue weighted by Crippen LogP contribution is -2.16. The van der Waals surface area contributed by atoms with Gasteiger partial charge in [0, 0.05) is 40.8 Å². The number of nitrogens with one attached hydrogen (secondary N) is 3. The number of halogens is 9. The van der Waals surface area contributed by atoms with E-state index >= 15 is 0 Å². The number of anilines is 3. The Hall–Kier alpha value is -8.64. The molecule has 0 radical (unpaired) electrons. The molecule has 0 saturated heterocycles. The van der Waals surface area contributed by atoms with Crippen molar-refractivity contribution in [3.63, 3.8) is 0 Å². The molecule has 0 unspecified atom stereocenters. The van der Waals surface area contributed by atoms with Gasteiger partial charge < -0.3 is 20.4 Å². The summed E-state index contributed by atoms with van der Waals surface area (Å²) in [6, 6.07) is 18.8. The zero-order valence-electron chi connectivity index (χ0n) is 32.3. The first kappa shape index (κ1) is 49.0. The van der Waals surface area contributed by atoms with E-state index < -0.39 is 90.4 Å². The van der Waals surface area contributed by atoms with Crippen LogP contribution in [-0.4, -0.2) is 32.5 Å². The molecule has 65 heavy (non-hydrogen) atoms. The fraction of sp³-hybridized carbons (Fsp3) is 0.0750. The van der Waals surface area contributed by atoms with E-state index in [1.807, 2.05) is 0 Å². The summed E-state index contributed by atoms with van der Waals surface area (Å²) in [7, 11) is 0. The Balaban J connectivity index is 0.000000214. The Morgan fingerprint density at radius 2 is 0.954 bits per heavy atom. The molecule has 0 spiro atoms. The fourth-order valence-electron chi connectivity index (χ4n) is 5.29. The van der Waals surface area contributed by atoms with Crippen LogP contribution in [0.15, 0.2) is 120 Å². The molecule has 6 rings (SSSR count). The molecule has 338 valence electrons. The van der Waals surface area contributed by atoms with Crippen molar-refractivity contribution < 1.29 is 73.1 Å². The van der Waals surface area contributed by atoms with E-state index in [9.17, 15) is 84.2 Å². The lowest BCUT2D eigenvalue weighted by molar-refractivity contribution is -0.388. The van der Waals surface area contributed by atoms with E-state index in [4.69, 9.17) is 4.42 Å². The number of hydrogen-bond donors (Lipinski definition) is 3. The normalized spacial score (nSPS) is 10.9. The predicted octanol–water partition coefficient (Wildman–Crippen LogP) is 10.9. The molecule has 5 aromatic carbocycles. The molecule has 0 bridgehead atoms. The topological polar surface area (TPSA) is 230 Å². The minimum Gasteiger partial charge on any atom is -0.459 e. The summed E-state index contributed by atoms with van der Waals surface area (Å²) < 4.78 is 122. The average Bonchev–Trinajstić information content (AvgIpc) is 3.76. The van der Waals surface area contributed by atoms with Gasteiger partial charge in [0.2, 0.25) is 0 Å². The van der Waals surface area contributed by atoms with Gasteiger partial charge >= 0.3 is 12.4 Å². The lowest BCUT2D eigenvalue weighted by Gasteiger charge is -2.11. The number of benzene rings is 5. The average molecular weight is 921 g/mol. The second-order valence-corrected chi connectivity index (χ2v) is 12.6. The van der Waals surface area contributed by atoms with Gasteiger partial charge in [0.05, 0.1) is 26.6 Å². The Labute approximate surface area is 356 Å². The molecule has 0 saturated carbocycles. The summed E-state index contributed by atoms with van der Waals surface area (Å²) in [5.74, 6) is -5.59. The first-order chi connectivity index (χ1) is 30.4. The van der Waals surface area contributed by atoms with Crippen molar-refractivity contribution in [3.8, 4) is 0 Å². The third-order valence-corrected chi connectivity index (χ3v) is 8.22. The van der Waals surface area contributed by atoms with Gasteiger partial charge in [0.15, 0.2) is 5.76 Å². The molecule has 6 aromatic rings. The molecule has 0 atom stereocenters. The molecule has 0 fully saturated rings. The van der Waals surface area contributed by atoms with Gasteiger partial charge in [0.25, 0.3) is 34.8 Å². The zero-order valence-corrected chi connectivity index (χ0v) is 32.3. The molecule has 0 aliphatic rings. The maximum absolute atomic E-state index is 13.5. The van der Waals surface area contributed by atoms with E-state index in [0.29, 0.717) is 29.8 Å². The number of carbonyl (C=O) groups excluding carboxylic acids is 3. The van der Waals surface area contributed by atoms with Crippen LogP contribution in [0.5, 0.6) is 0 Å². The van der Waals surface area contributed by atoms with Gasteiger partial charge in [0.1, 0.15) is 34.1 Å². The monoisotopic (exact) mass is 920 g/mol. The molecule has 3 amide bonds. The maximum Gasteiger partial charge on any atom is 0.423 e. The van der Waals surface area contributed by atoms with Gasteiger partial charge in [-0.2, -0.15) is 26.3 Å². The second kappa shape index (κ2) is 20.5. The highest BCUT2D eigenvalue weighted by Gasteiger charge is 2.39. The maximum atomic E-state index is 13.5. The number of nitro benzene ring substituents is 3. The predicted molar refractivity (Wildman–Crippen MR) is 209 cm³/mol. The van der Waals surface area contributed by atoms with Crippen molar-refractivity contribution >= 4 is 51.8 Å². The van der Waals surface area contributed by atoms with E-state index in [1.165, 1.54) is 55.7 Å². The van der Waals surface area contributed by atoms with Gasteiger partial charge in [-0.1, -0.05) is 18.2 Å². The highest BCUT2D eigenvalue weighted by molar-refractivity contribution is 6.05. The van der Waals surface area contributed by atoms with Gasteiger partial charge in [-0.15, -0.1) is 0 Å².